The van der Waals surface area contributed by atoms with Crippen LogP contribution in [-0.4, -0.2) is 25.4 Å². The molecular formula is C14H21BrO3. The Hall–Kier alpha value is -0.740. The lowest BCUT2D eigenvalue weighted by molar-refractivity contribution is 0.194. The summed E-state index contributed by atoms with van der Waals surface area (Å²) in [6, 6.07) is 2.06. The number of rotatable bonds is 5. The van der Waals surface area contributed by atoms with Crippen LogP contribution < -0.4 is 9.47 Å². The van der Waals surface area contributed by atoms with Crippen molar-refractivity contribution >= 4 is 15.9 Å². The Balaban J connectivity index is 3.42. The van der Waals surface area contributed by atoms with Gasteiger partial charge in [-0.25, -0.2) is 0 Å². The summed E-state index contributed by atoms with van der Waals surface area (Å²) in [5.74, 6) is 1.88. The fourth-order valence-electron chi connectivity index (χ4n) is 2.02. The van der Waals surface area contributed by atoms with Crippen molar-refractivity contribution in [2.45, 2.75) is 39.2 Å². The van der Waals surface area contributed by atoms with Crippen LogP contribution in [0, 0.1) is 0 Å². The van der Waals surface area contributed by atoms with E-state index in [0.717, 1.165) is 27.1 Å². The SMILES string of the molecule is COc1c(CC(C)O)cc(C(C)C)c(OC)c1Br. The zero-order valence-electron chi connectivity index (χ0n) is 11.6. The molecule has 0 bridgehead atoms. The molecule has 0 aromatic heterocycles. The summed E-state index contributed by atoms with van der Waals surface area (Å²) >= 11 is 3.53. The molecule has 0 aliphatic heterocycles. The molecule has 1 aromatic rings. The molecule has 0 saturated carbocycles. The van der Waals surface area contributed by atoms with Crippen molar-refractivity contribution in [3.63, 3.8) is 0 Å². The van der Waals surface area contributed by atoms with E-state index in [-0.39, 0.29) is 0 Å². The molecule has 1 unspecified atom stereocenters. The summed E-state index contributed by atoms with van der Waals surface area (Å²) in [6.45, 7) is 6.00. The second-order valence-corrected chi connectivity index (χ2v) is 5.51. The third-order valence-electron chi connectivity index (χ3n) is 2.83. The predicted octanol–water partition coefficient (Wildman–Crippen LogP) is 3.51. The number of hydrogen-bond donors (Lipinski definition) is 1. The maximum atomic E-state index is 9.57. The zero-order valence-corrected chi connectivity index (χ0v) is 13.2. The minimum atomic E-state index is -0.404. The molecule has 0 fully saturated rings. The van der Waals surface area contributed by atoms with Gasteiger partial charge in [0.15, 0.2) is 0 Å². The standard InChI is InChI=1S/C14H21BrO3/c1-8(2)11-7-10(6-9(3)16)13(17-4)12(15)14(11)18-5/h7-9,16H,6H2,1-5H3. The van der Waals surface area contributed by atoms with E-state index in [0.29, 0.717) is 12.3 Å². The van der Waals surface area contributed by atoms with Gasteiger partial charge in [0.05, 0.1) is 20.3 Å². The van der Waals surface area contributed by atoms with Crippen LogP contribution in [0.3, 0.4) is 0 Å². The third kappa shape index (κ3) is 3.18. The fourth-order valence-corrected chi connectivity index (χ4v) is 2.82. The van der Waals surface area contributed by atoms with Crippen LogP contribution in [0.2, 0.25) is 0 Å². The maximum Gasteiger partial charge on any atom is 0.140 e. The van der Waals surface area contributed by atoms with E-state index >= 15 is 0 Å². The molecule has 4 heteroatoms. The quantitative estimate of drug-likeness (QED) is 0.903. The Bertz CT molecular complexity index is 414. The van der Waals surface area contributed by atoms with Crippen LogP contribution in [0.1, 0.15) is 37.8 Å². The minimum absolute atomic E-state index is 0.343. The number of halogens is 1. The summed E-state index contributed by atoms with van der Waals surface area (Å²) in [7, 11) is 3.28. The van der Waals surface area contributed by atoms with E-state index in [9.17, 15) is 5.11 Å². The highest BCUT2D eigenvalue weighted by Crippen LogP contribution is 2.43. The van der Waals surface area contributed by atoms with Gasteiger partial charge < -0.3 is 14.6 Å². The van der Waals surface area contributed by atoms with E-state index in [2.05, 4.69) is 35.8 Å². The number of ether oxygens (including phenoxy) is 2. The molecule has 0 saturated heterocycles. The highest BCUT2D eigenvalue weighted by atomic mass is 79.9. The fraction of sp³-hybridized carbons (Fsp3) is 0.571. The molecule has 3 nitrogen and oxygen atoms in total. The van der Waals surface area contributed by atoms with Gasteiger partial charge in [-0.1, -0.05) is 13.8 Å². The first kappa shape index (κ1) is 15.3. The molecular weight excluding hydrogens is 296 g/mol. The van der Waals surface area contributed by atoms with Crippen molar-refractivity contribution in [1.29, 1.82) is 0 Å². The topological polar surface area (TPSA) is 38.7 Å². The number of methoxy groups -OCH3 is 2. The summed E-state index contributed by atoms with van der Waals surface area (Å²) in [5, 5.41) is 9.57. The molecule has 1 rings (SSSR count). The Morgan fingerprint density at radius 2 is 1.72 bits per heavy atom. The van der Waals surface area contributed by atoms with Gasteiger partial charge in [-0.3, -0.25) is 0 Å². The normalized spacial score (nSPS) is 12.7. The Morgan fingerprint density at radius 1 is 1.17 bits per heavy atom. The highest BCUT2D eigenvalue weighted by Gasteiger charge is 2.20. The maximum absolute atomic E-state index is 9.57. The largest absolute Gasteiger partial charge is 0.495 e. The second-order valence-electron chi connectivity index (χ2n) is 4.71. The van der Waals surface area contributed by atoms with Crippen LogP contribution in [0.15, 0.2) is 10.5 Å². The molecule has 0 spiro atoms. The van der Waals surface area contributed by atoms with Gasteiger partial charge in [-0.2, -0.15) is 0 Å². The monoisotopic (exact) mass is 316 g/mol. The van der Waals surface area contributed by atoms with E-state index < -0.39 is 6.10 Å². The molecule has 0 heterocycles. The van der Waals surface area contributed by atoms with Gasteiger partial charge in [0.1, 0.15) is 16.0 Å². The zero-order chi connectivity index (χ0) is 13.9. The van der Waals surface area contributed by atoms with Crippen molar-refractivity contribution < 1.29 is 14.6 Å². The second kappa shape index (κ2) is 6.43. The molecule has 0 aliphatic carbocycles. The van der Waals surface area contributed by atoms with Crippen LogP contribution in [0.5, 0.6) is 11.5 Å². The lowest BCUT2D eigenvalue weighted by Crippen LogP contribution is -2.08. The van der Waals surface area contributed by atoms with Gasteiger partial charge in [-0.15, -0.1) is 0 Å². The molecule has 102 valence electrons. The van der Waals surface area contributed by atoms with E-state index in [1.54, 1.807) is 21.1 Å². The van der Waals surface area contributed by atoms with E-state index in [4.69, 9.17) is 9.47 Å². The predicted molar refractivity (Wildman–Crippen MR) is 76.7 cm³/mol. The van der Waals surface area contributed by atoms with Crippen molar-refractivity contribution in [3.8, 4) is 11.5 Å². The van der Waals surface area contributed by atoms with Gasteiger partial charge in [0.25, 0.3) is 0 Å². The van der Waals surface area contributed by atoms with Crippen molar-refractivity contribution in [1.82, 2.24) is 0 Å². The van der Waals surface area contributed by atoms with Crippen molar-refractivity contribution in [2.24, 2.45) is 0 Å². The average molecular weight is 317 g/mol. The molecule has 18 heavy (non-hydrogen) atoms. The Labute approximate surface area is 117 Å². The molecule has 1 aromatic carbocycles. The minimum Gasteiger partial charge on any atom is -0.495 e. The smallest absolute Gasteiger partial charge is 0.140 e. The Morgan fingerprint density at radius 3 is 2.11 bits per heavy atom. The third-order valence-corrected chi connectivity index (χ3v) is 3.55. The molecule has 0 amide bonds. The van der Waals surface area contributed by atoms with Crippen LogP contribution in [0.25, 0.3) is 0 Å². The first-order valence-electron chi connectivity index (χ1n) is 6.03. The lowest BCUT2D eigenvalue weighted by Gasteiger charge is -2.20. The van der Waals surface area contributed by atoms with Crippen LogP contribution >= 0.6 is 15.9 Å². The van der Waals surface area contributed by atoms with Crippen LogP contribution in [0.4, 0.5) is 0 Å². The number of aliphatic hydroxyl groups excluding tert-OH is 1. The first-order chi connectivity index (χ1) is 8.42. The number of benzene rings is 1. The lowest BCUT2D eigenvalue weighted by atomic mass is 9.96. The summed E-state index contributed by atoms with van der Waals surface area (Å²) in [4.78, 5) is 0. The number of hydrogen-bond acceptors (Lipinski definition) is 3. The Kier molecular flexibility index (Phi) is 5.47. The van der Waals surface area contributed by atoms with Gasteiger partial charge >= 0.3 is 0 Å². The van der Waals surface area contributed by atoms with E-state index in [1.165, 1.54) is 0 Å². The first-order valence-corrected chi connectivity index (χ1v) is 6.82. The molecule has 0 radical (unpaired) electrons. The summed E-state index contributed by atoms with van der Waals surface area (Å²) in [5.41, 5.74) is 2.10. The highest BCUT2D eigenvalue weighted by molar-refractivity contribution is 9.10. The van der Waals surface area contributed by atoms with Gasteiger partial charge in [0.2, 0.25) is 0 Å². The van der Waals surface area contributed by atoms with Crippen LogP contribution in [-0.2, 0) is 6.42 Å². The molecule has 0 aliphatic rings. The average Bonchev–Trinajstić information content (AvgIpc) is 2.27. The van der Waals surface area contributed by atoms with Crippen molar-refractivity contribution in [2.75, 3.05) is 14.2 Å². The molecule has 1 atom stereocenters. The summed E-state index contributed by atoms with van der Waals surface area (Å²) in [6.07, 6.45) is 0.157. The van der Waals surface area contributed by atoms with Gasteiger partial charge in [0, 0.05) is 6.42 Å². The van der Waals surface area contributed by atoms with Gasteiger partial charge in [-0.05, 0) is 46.0 Å². The summed E-state index contributed by atoms with van der Waals surface area (Å²) < 4.78 is 11.7. The number of aliphatic hydroxyl groups is 1. The molecule has 1 N–H and O–H groups in total. The van der Waals surface area contributed by atoms with E-state index in [1.807, 2.05) is 0 Å². The van der Waals surface area contributed by atoms with Crippen molar-refractivity contribution in [3.05, 3.63) is 21.7 Å².